The average molecular weight is 463 g/mol. The van der Waals surface area contributed by atoms with E-state index in [0.717, 1.165) is 15.6 Å². The molecule has 0 saturated heterocycles. The number of benzene rings is 3. The number of hydrogen-bond donors (Lipinski definition) is 0. The summed E-state index contributed by atoms with van der Waals surface area (Å²) in [5.74, 6) is -0.00432. The Morgan fingerprint density at radius 3 is 2.48 bits per heavy atom. The van der Waals surface area contributed by atoms with Crippen molar-refractivity contribution in [1.29, 1.82) is 0 Å². The van der Waals surface area contributed by atoms with Gasteiger partial charge in [-0.2, -0.15) is 0 Å². The van der Waals surface area contributed by atoms with E-state index in [4.69, 9.17) is 27.9 Å². The molecule has 3 nitrogen and oxygen atoms in total. The average Bonchev–Trinajstić information content (AvgIpc) is 2.61. The Balaban J connectivity index is 1.80. The molecule has 0 heterocycles. The fourth-order valence-electron chi connectivity index (χ4n) is 2.30. The van der Waals surface area contributed by atoms with Gasteiger partial charge in [0.2, 0.25) is 0 Å². The topological polar surface area (TPSA) is 38.7 Å². The maximum Gasteiger partial charge on any atom is 0.343 e. The van der Waals surface area contributed by atoms with Crippen molar-refractivity contribution in [2.24, 2.45) is 4.99 Å². The summed E-state index contributed by atoms with van der Waals surface area (Å²) in [7, 11) is 0. The van der Waals surface area contributed by atoms with Gasteiger partial charge in [-0.1, -0.05) is 56.8 Å². The molecule has 0 bridgehead atoms. The Labute approximate surface area is 175 Å². The molecule has 0 radical (unpaired) electrons. The fourth-order valence-corrected chi connectivity index (χ4v) is 3.25. The van der Waals surface area contributed by atoms with Gasteiger partial charge in [0.25, 0.3) is 0 Å². The lowest BCUT2D eigenvalue weighted by Gasteiger charge is -2.07. The Morgan fingerprint density at radius 2 is 1.78 bits per heavy atom. The van der Waals surface area contributed by atoms with E-state index in [0.29, 0.717) is 27.0 Å². The number of aliphatic imine (C=N–C) groups is 1. The van der Waals surface area contributed by atoms with Crippen LogP contribution in [-0.4, -0.2) is 12.2 Å². The maximum atomic E-state index is 12.3. The molecule has 0 unspecified atom stereocenters. The molecule has 0 N–H and O–H groups in total. The number of nitrogens with zero attached hydrogens (tertiary/aromatic N) is 1. The smallest absolute Gasteiger partial charge is 0.343 e. The summed E-state index contributed by atoms with van der Waals surface area (Å²) < 4.78 is 6.24. The van der Waals surface area contributed by atoms with Crippen LogP contribution in [0.5, 0.6) is 5.75 Å². The van der Waals surface area contributed by atoms with Crippen molar-refractivity contribution in [2.45, 2.75) is 6.92 Å². The quantitative estimate of drug-likeness (QED) is 0.237. The van der Waals surface area contributed by atoms with Gasteiger partial charge in [0.05, 0.1) is 16.3 Å². The van der Waals surface area contributed by atoms with Gasteiger partial charge in [0.1, 0.15) is 5.75 Å². The first-order chi connectivity index (χ1) is 12.9. The van der Waals surface area contributed by atoms with Crippen LogP contribution in [0.4, 0.5) is 5.69 Å². The van der Waals surface area contributed by atoms with Crippen LogP contribution in [0, 0.1) is 6.92 Å². The van der Waals surface area contributed by atoms with Gasteiger partial charge in [0, 0.05) is 15.7 Å². The molecule has 0 aliphatic heterocycles. The van der Waals surface area contributed by atoms with Gasteiger partial charge in [-0.15, -0.1) is 0 Å². The highest BCUT2D eigenvalue weighted by Gasteiger charge is 2.09. The first kappa shape index (κ1) is 19.6. The molecule has 0 amide bonds. The molecule has 0 aromatic heterocycles. The zero-order valence-corrected chi connectivity index (χ0v) is 17.3. The van der Waals surface area contributed by atoms with E-state index in [1.807, 2.05) is 25.1 Å². The number of ether oxygens (including phenoxy) is 1. The Kier molecular flexibility index (Phi) is 6.32. The van der Waals surface area contributed by atoms with Gasteiger partial charge < -0.3 is 4.74 Å². The van der Waals surface area contributed by atoms with Gasteiger partial charge >= 0.3 is 5.97 Å². The first-order valence-electron chi connectivity index (χ1n) is 7.99. The first-order valence-corrected chi connectivity index (χ1v) is 9.54. The van der Waals surface area contributed by atoms with Crippen LogP contribution < -0.4 is 4.74 Å². The minimum atomic E-state index is -0.420. The Bertz CT molecular complexity index is 1020. The lowest BCUT2D eigenvalue weighted by atomic mass is 10.1. The van der Waals surface area contributed by atoms with E-state index in [9.17, 15) is 4.79 Å². The third kappa shape index (κ3) is 5.42. The standard InChI is InChI=1S/C21H14BrCl2NO2/c1-13-2-4-15(5-3-13)21(26)27-18-9-14(8-16(22)10-18)12-25-20-7-6-17(23)11-19(20)24/h2-12H,1H3. The number of carbonyl (C=O) groups excluding carboxylic acids is 1. The summed E-state index contributed by atoms with van der Waals surface area (Å²) in [5, 5.41) is 1.01. The highest BCUT2D eigenvalue weighted by atomic mass is 79.9. The number of aryl methyl sites for hydroxylation is 1. The normalized spacial score (nSPS) is 11.0. The minimum absolute atomic E-state index is 0.415. The number of rotatable bonds is 4. The van der Waals surface area contributed by atoms with E-state index in [-0.39, 0.29) is 0 Å². The summed E-state index contributed by atoms with van der Waals surface area (Å²) >= 11 is 15.4. The molecule has 0 aliphatic carbocycles. The maximum absolute atomic E-state index is 12.3. The monoisotopic (exact) mass is 461 g/mol. The predicted octanol–water partition coefficient (Wildman–Crippen LogP) is 7.03. The van der Waals surface area contributed by atoms with Crippen LogP contribution in [0.15, 0.2) is 70.1 Å². The van der Waals surface area contributed by atoms with Crippen LogP contribution in [0.1, 0.15) is 21.5 Å². The molecule has 27 heavy (non-hydrogen) atoms. The summed E-state index contributed by atoms with van der Waals surface area (Å²) in [4.78, 5) is 16.7. The van der Waals surface area contributed by atoms with Crippen LogP contribution >= 0.6 is 39.1 Å². The third-order valence-corrected chi connectivity index (χ3v) is 4.65. The molecule has 3 rings (SSSR count). The van der Waals surface area contributed by atoms with Crippen LogP contribution in [0.25, 0.3) is 0 Å². The van der Waals surface area contributed by atoms with Gasteiger partial charge in [-0.3, -0.25) is 4.99 Å². The highest BCUT2D eigenvalue weighted by molar-refractivity contribution is 9.10. The minimum Gasteiger partial charge on any atom is -0.423 e. The van der Waals surface area contributed by atoms with Gasteiger partial charge in [0.15, 0.2) is 0 Å². The highest BCUT2D eigenvalue weighted by Crippen LogP contribution is 2.28. The largest absolute Gasteiger partial charge is 0.423 e. The molecule has 3 aromatic rings. The van der Waals surface area contributed by atoms with E-state index in [1.54, 1.807) is 48.7 Å². The van der Waals surface area contributed by atoms with Crippen molar-refractivity contribution < 1.29 is 9.53 Å². The predicted molar refractivity (Wildman–Crippen MR) is 114 cm³/mol. The molecular formula is C21H14BrCl2NO2. The van der Waals surface area contributed by atoms with E-state index in [2.05, 4.69) is 20.9 Å². The fraction of sp³-hybridized carbons (Fsp3) is 0.0476. The zero-order chi connectivity index (χ0) is 19.4. The second-order valence-corrected chi connectivity index (χ2v) is 7.59. The number of halogens is 3. The van der Waals surface area contributed by atoms with Crippen molar-refractivity contribution >= 4 is 57.0 Å². The molecule has 6 heteroatoms. The molecule has 0 fully saturated rings. The lowest BCUT2D eigenvalue weighted by molar-refractivity contribution is 0.0734. The summed E-state index contributed by atoms with van der Waals surface area (Å²) in [6.45, 7) is 1.96. The van der Waals surface area contributed by atoms with Crippen molar-refractivity contribution in [3.8, 4) is 5.75 Å². The third-order valence-electron chi connectivity index (χ3n) is 3.65. The van der Waals surface area contributed by atoms with Crippen molar-refractivity contribution in [1.82, 2.24) is 0 Å². The number of hydrogen-bond acceptors (Lipinski definition) is 3. The molecular weight excluding hydrogens is 449 g/mol. The Hall–Kier alpha value is -2.14. The zero-order valence-electron chi connectivity index (χ0n) is 14.2. The molecule has 136 valence electrons. The van der Waals surface area contributed by atoms with Crippen LogP contribution in [0.3, 0.4) is 0 Å². The van der Waals surface area contributed by atoms with Crippen molar-refractivity contribution in [3.05, 3.63) is 91.9 Å². The molecule has 0 saturated carbocycles. The molecule has 0 aliphatic rings. The second-order valence-electron chi connectivity index (χ2n) is 5.83. The van der Waals surface area contributed by atoms with E-state index < -0.39 is 5.97 Å². The van der Waals surface area contributed by atoms with Crippen LogP contribution in [0.2, 0.25) is 10.0 Å². The molecule has 0 spiro atoms. The summed E-state index contributed by atoms with van der Waals surface area (Å²) in [6, 6.07) is 17.6. The van der Waals surface area contributed by atoms with Gasteiger partial charge in [-0.05, 0) is 61.0 Å². The SMILES string of the molecule is Cc1ccc(C(=O)Oc2cc(Br)cc(C=Nc3ccc(Cl)cc3Cl)c2)cc1. The van der Waals surface area contributed by atoms with E-state index in [1.165, 1.54) is 0 Å². The lowest BCUT2D eigenvalue weighted by Crippen LogP contribution is -2.08. The van der Waals surface area contributed by atoms with Crippen molar-refractivity contribution in [2.75, 3.05) is 0 Å². The van der Waals surface area contributed by atoms with Crippen molar-refractivity contribution in [3.63, 3.8) is 0 Å². The molecule has 3 aromatic carbocycles. The van der Waals surface area contributed by atoms with Crippen LogP contribution in [-0.2, 0) is 0 Å². The summed E-state index contributed by atoms with van der Waals surface area (Å²) in [6.07, 6.45) is 1.64. The van der Waals surface area contributed by atoms with Gasteiger partial charge in [-0.25, -0.2) is 4.79 Å². The number of carbonyl (C=O) groups is 1. The van der Waals surface area contributed by atoms with E-state index >= 15 is 0 Å². The summed E-state index contributed by atoms with van der Waals surface area (Å²) in [5.41, 5.74) is 2.92. The Morgan fingerprint density at radius 1 is 1.04 bits per heavy atom. The second kappa shape index (κ2) is 8.70. The number of esters is 1. The molecule has 0 atom stereocenters.